The van der Waals surface area contributed by atoms with Gasteiger partial charge < -0.3 is 37.6 Å². The summed E-state index contributed by atoms with van der Waals surface area (Å²) in [7, 11) is -15.1. The van der Waals surface area contributed by atoms with Gasteiger partial charge in [-0.05, 0) is 81.2 Å². The van der Waals surface area contributed by atoms with Gasteiger partial charge in [-0.25, -0.2) is 26.1 Å². The first kappa shape index (κ1) is 69.7. The topological polar surface area (TPSA) is 230 Å². The minimum atomic E-state index is -5.33. The van der Waals surface area contributed by atoms with Crippen molar-refractivity contribution in [3.05, 3.63) is 74.3 Å². The lowest BCUT2D eigenvalue weighted by Gasteiger charge is -2.39. The average Bonchev–Trinajstić information content (AvgIpc) is 0.722. The molecule has 1 N–H and O–H groups in total. The zero-order valence-electron chi connectivity index (χ0n) is 53.0. The molecule has 0 saturated carbocycles. The number of fused-ring (bicyclic) bond motifs is 4. The fraction of sp³-hybridized carbons (Fsp3) is 0.691. The summed E-state index contributed by atoms with van der Waals surface area (Å²) in [6.07, 6.45) is 35.8. The van der Waals surface area contributed by atoms with Crippen LogP contribution >= 0.6 is 7.82 Å². The van der Waals surface area contributed by atoms with E-state index in [4.69, 9.17) is 23.3 Å². The molecule has 20 heteroatoms. The quantitative estimate of drug-likeness (QED) is 0.0143. The number of unbranched alkanes of at least 4 members (excludes halogenated alkanes) is 24. The Kier molecular flexibility index (Phi) is 27.7. The Balaban J connectivity index is 0.875. The molecule has 0 radical (unpaired) electrons. The van der Waals surface area contributed by atoms with Gasteiger partial charge >= 0.3 is 11.9 Å². The van der Waals surface area contributed by atoms with E-state index in [1.807, 2.05) is 0 Å². The number of aryl methyl sites for hydroxylation is 2. The molecule has 0 fully saturated rings. The zero-order valence-corrected chi connectivity index (χ0v) is 55.5. The standard InChI is InChI=1S/C68H102N3O14PS2/c1-3-5-7-9-11-13-15-17-19-21-23-25-27-37-62(72)81-50-54(84-63(73)38-28-26-24-22-20-18-16-14-12-10-8-6-4-2)51-83-86(74,75)82-46-41-69-87(76,77)55-39-40-56(61(49-55)88(78,79)80)64-59-47-52-33-29-42-70-44-31-35-57(65(52)70)67(59)85-68-58-36-32-45-71-43-30-34-53(66(58)71)48-60(64)68/h39-40,47-49,54,69H,3-38,41-46,50-51H2,1-2H3,(H-,74,75,78,79,80)/p-1. The average molecular weight is 1280 g/mol. The minimum absolute atomic E-state index is 0.0620. The van der Waals surface area contributed by atoms with Gasteiger partial charge in [0.15, 0.2) is 6.10 Å². The summed E-state index contributed by atoms with van der Waals surface area (Å²) >= 11 is 0. The summed E-state index contributed by atoms with van der Waals surface area (Å²) in [5.41, 5.74) is 6.74. The SMILES string of the molecule is CCCCCCCCCCCCCCCC(=O)OCC(COP(=O)([O-])OCCNS(=O)(=O)c1ccc(C2=c3cc4c5c(c3Oc3c2cc2c6c3CCCN6CCC2)CCC[N+]=5CCC4)c(S(=O)(=O)[O-])c1)OC(=O)CCCCCCCCCCCCCCC. The molecule has 0 bridgehead atoms. The van der Waals surface area contributed by atoms with E-state index < -0.39 is 82.2 Å². The minimum Gasteiger partial charge on any atom is -0.756 e. The third-order valence-corrected chi connectivity index (χ3v) is 21.5. The first-order valence-corrected chi connectivity index (χ1v) is 38.4. The number of nitrogens with zero attached hydrogens (tertiary/aromatic N) is 2. The third kappa shape index (κ3) is 20.1. The number of anilines is 1. The van der Waals surface area contributed by atoms with Gasteiger partial charge in [-0.15, -0.1) is 0 Å². The van der Waals surface area contributed by atoms with Crippen LogP contribution in [0, 0.1) is 0 Å². The molecule has 0 amide bonds. The van der Waals surface area contributed by atoms with Crippen molar-refractivity contribution in [3.8, 4) is 11.5 Å². The predicted octanol–water partition coefficient (Wildman–Crippen LogP) is 12.2. The first-order valence-electron chi connectivity index (χ1n) is 34.1. The van der Waals surface area contributed by atoms with Gasteiger partial charge in [-0.3, -0.25) is 14.2 Å². The van der Waals surface area contributed by atoms with Crippen molar-refractivity contribution < 1.29 is 63.7 Å². The second-order valence-electron chi connectivity index (χ2n) is 25.2. The van der Waals surface area contributed by atoms with Crippen molar-refractivity contribution in [2.75, 3.05) is 57.4 Å². The molecule has 17 nitrogen and oxygen atoms in total. The number of carbonyl (C=O) groups excluding carboxylic acids is 2. The first-order chi connectivity index (χ1) is 42.6. The number of carbonyl (C=O) groups is 2. The Bertz CT molecular complexity index is 3220. The van der Waals surface area contributed by atoms with Crippen molar-refractivity contribution in [2.24, 2.45) is 0 Å². The highest BCUT2D eigenvalue weighted by Gasteiger charge is 2.37. The van der Waals surface area contributed by atoms with Crippen LogP contribution in [0.25, 0.3) is 5.57 Å². The number of esters is 2. The van der Waals surface area contributed by atoms with Crippen LogP contribution in [-0.4, -0.2) is 92.0 Å². The molecule has 5 aliphatic heterocycles. The summed E-state index contributed by atoms with van der Waals surface area (Å²) in [5, 5.41) is 1.82. The molecule has 0 saturated heterocycles. The van der Waals surface area contributed by atoms with Gasteiger partial charge in [0.1, 0.15) is 41.3 Å². The lowest BCUT2D eigenvalue weighted by atomic mass is 9.82. The zero-order chi connectivity index (χ0) is 62.4. The molecule has 2 atom stereocenters. The van der Waals surface area contributed by atoms with E-state index in [-0.39, 0.29) is 18.4 Å². The maximum absolute atomic E-state index is 14.0. The molecule has 0 aliphatic carbocycles. The Hall–Kier alpha value is -4.20. The second kappa shape index (κ2) is 35.0. The third-order valence-electron chi connectivity index (χ3n) is 18.2. The van der Waals surface area contributed by atoms with E-state index in [1.54, 1.807) is 0 Å². The number of phosphoric acid groups is 1. The van der Waals surface area contributed by atoms with Crippen LogP contribution in [-0.2, 0) is 78.5 Å². The Morgan fingerprint density at radius 3 is 1.78 bits per heavy atom. The van der Waals surface area contributed by atoms with Crippen molar-refractivity contribution in [2.45, 2.75) is 261 Å². The van der Waals surface area contributed by atoms with Crippen molar-refractivity contribution in [1.82, 2.24) is 9.30 Å². The van der Waals surface area contributed by atoms with E-state index in [0.29, 0.717) is 40.7 Å². The van der Waals surface area contributed by atoms with E-state index in [9.17, 15) is 40.4 Å². The number of sulfonamides is 1. The predicted molar refractivity (Wildman–Crippen MR) is 341 cm³/mol. The highest BCUT2D eigenvalue weighted by molar-refractivity contribution is 7.89. The molecule has 2 unspecified atom stereocenters. The molecule has 5 aliphatic rings. The fourth-order valence-corrected chi connectivity index (χ4v) is 16.3. The number of phosphoric ester groups is 1. The van der Waals surface area contributed by atoms with Crippen LogP contribution in [0.1, 0.15) is 253 Å². The van der Waals surface area contributed by atoms with E-state index in [1.165, 1.54) is 121 Å². The highest BCUT2D eigenvalue weighted by Crippen LogP contribution is 2.49. The molecule has 0 spiro atoms. The van der Waals surface area contributed by atoms with Crippen LogP contribution in [0.15, 0.2) is 40.1 Å². The van der Waals surface area contributed by atoms with Crippen LogP contribution in [0.3, 0.4) is 0 Å². The van der Waals surface area contributed by atoms with Crippen molar-refractivity contribution >= 4 is 51.2 Å². The van der Waals surface area contributed by atoms with Gasteiger partial charge in [0.25, 0.3) is 7.82 Å². The highest BCUT2D eigenvalue weighted by atomic mass is 32.2. The normalized spacial score (nSPS) is 16.2. The number of rotatable bonds is 42. The van der Waals surface area contributed by atoms with Gasteiger partial charge in [0, 0.05) is 84.1 Å². The summed E-state index contributed by atoms with van der Waals surface area (Å²) in [4.78, 5) is 40.2. The molecule has 3 aromatic carbocycles. The molecular weight excluding hydrogens is 1180 g/mol. The number of ether oxygens (including phenoxy) is 3. The van der Waals surface area contributed by atoms with Crippen molar-refractivity contribution in [1.29, 1.82) is 0 Å². The van der Waals surface area contributed by atoms with Gasteiger partial charge in [0.2, 0.25) is 15.4 Å². The summed E-state index contributed by atoms with van der Waals surface area (Å²) in [5.74, 6) is 0.196. The molecule has 0 aromatic heterocycles. The lowest BCUT2D eigenvalue weighted by molar-refractivity contribution is -0.228. The fourth-order valence-electron chi connectivity index (χ4n) is 13.7. The maximum atomic E-state index is 14.0. The summed E-state index contributed by atoms with van der Waals surface area (Å²) in [6.45, 7) is 5.68. The van der Waals surface area contributed by atoms with Gasteiger partial charge in [-0.2, -0.15) is 0 Å². The number of hydrogen-bond donors (Lipinski definition) is 1. The smallest absolute Gasteiger partial charge is 0.306 e. The molecule has 3 aromatic rings. The molecule has 5 heterocycles. The summed E-state index contributed by atoms with van der Waals surface area (Å²) in [6, 6.07) is 7.62. The van der Waals surface area contributed by atoms with E-state index in [0.717, 1.165) is 162 Å². The Morgan fingerprint density at radius 1 is 0.636 bits per heavy atom. The molecular formula is C68H101N3O14PS2-. The Morgan fingerprint density at radius 2 is 1.18 bits per heavy atom. The van der Waals surface area contributed by atoms with Crippen LogP contribution < -0.4 is 34.4 Å². The lowest BCUT2D eigenvalue weighted by Crippen LogP contribution is -2.45. The van der Waals surface area contributed by atoms with Crippen molar-refractivity contribution in [3.63, 3.8) is 0 Å². The number of hydrogen-bond acceptors (Lipinski definition) is 15. The van der Waals surface area contributed by atoms with Gasteiger partial charge in [0.05, 0.1) is 28.6 Å². The number of nitrogens with one attached hydrogen (secondary N) is 1. The van der Waals surface area contributed by atoms with Crippen LogP contribution in [0.5, 0.6) is 11.5 Å². The second-order valence-corrected chi connectivity index (χ2v) is 29.7. The van der Waals surface area contributed by atoms with Crippen LogP contribution in [0.4, 0.5) is 5.69 Å². The van der Waals surface area contributed by atoms with Gasteiger partial charge in [-0.1, -0.05) is 174 Å². The summed E-state index contributed by atoms with van der Waals surface area (Å²) < 4.78 is 115. The Labute approximate surface area is 525 Å². The van der Waals surface area contributed by atoms with E-state index in [2.05, 4.69) is 40.2 Å². The van der Waals surface area contributed by atoms with E-state index >= 15 is 0 Å². The van der Waals surface area contributed by atoms with Crippen LogP contribution in [0.2, 0.25) is 0 Å². The maximum Gasteiger partial charge on any atom is 0.306 e. The molecule has 8 rings (SSSR count). The molecule has 88 heavy (non-hydrogen) atoms. The number of benzene rings is 3. The largest absolute Gasteiger partial charge is 0.756 e. The molecule has 490 valence electrons. The monoisotopic (exact) mass is 1280 g/mol.